The summed E-state index contributed by atoms with van der Waals surface area (Å²) in [4.78, 5) is 6.80. The molecule has 234 valence electrons. The van der Waals surface area contributed by atoms with Crippen LogP contribution in [0.2, 0.25) is 0 Å². The van der Waals surface area contributed by atoms with Gasteiger partial charge in [-0.1, -0.05) is 115 Å². The number of pyridine rings is 1. The first kappa shape index (κ1) is 28.7. The molecule has 3 heteroatoms. The zero-order valence-corrected chi connectivity index (χ0v) is 27.9. The van der Waals surface area contributed by atoms with Gasteiger partial charge in [0.25, 0.3) is 0 Å². The molecule has 0 atom stereocenters. The lowest BCUT2D eigenvalue weighted by Crippen LogP contribution is -2.09. The van der Waals surface area contributed by atoms with Gasteiger partial charge in [-0.3, -0.25) is 4.98 Å². The number of nitrogens with zero attached hydrogens (tertiary/aromatic N) is 2. The Morgan fingerprint density at radius 2 is 0.940 bits per heavy atom. The molecule has 2 aromatic heterocycles. The Labute approximate surface area is 294 Å². The van der Waals surface area contributed by atoms with Crippen molar-refractivity contribution in [1.82, 2.24) is 4.98 Å². The largest absolute Gasteiger partial charge is 0.310 e. The molecule has 50 heavy (non-hydrogen) atoms. The fourth-order valence-electron chi connectivity index (χ4n) is 7.44. The van der Waals surface area contributed by atoms with E-state index in [4.69, 9.17) is 0 Å². The van der Waals surface area contributed by atoms with Crippen LogP contribution in [0.3, 0.4) is 0 Å². The Morgan fingerprint density at radius 3 is 1.72 bits per heavy atom. The van der Waals surface area contributed by atoms with Crippen LogP contribution >= 0.6 is 11.3 Å². The van der Waals surface area contributed by atoms with Crippen LogP contribution in [-0.4, -0.2) is 4.98 Å². The van der Waals surface area contributed by atoms with Gasteiger partial charge in [0.1, 0.15) is 0 Å². The quantitative estimate of drug-likeness (QED) is 0.172. The third kappa shape index (κ3) is 4.82. The summed E-state index contributed by atoms with van der Waals surface area (Å²) in [6.45, 7) is 0. The third-order valence-corrected chi connectivity index (χ3v) is 11.1. The van der Waals surface area contributed by atoms with Crippen LogP contribution in [0.25, 0.3) is 74.7 Å². The number of fused-ring (bicyclic) bond motifs is 8. The molecule has 0 radical (unpaired) electrons. The van der Waals surface area contributed by atoms with Crippen molar-refractivity contribution in [2.75, 3.05) is 4.90 Å². The fraction of sp³-hybridized carbons (Fsp3) is 0. The van der Waals surface area contributed by atoms with Crippen molar-refractivity contribution in [1.29, 1.82) is 0 Å². The van der Waals surface area contributed by atoms with Crippen LogP contribution in [-0.2, 0) is 0 Å². The zero-order chi connectivity index (χ0) is 33.0. The van der Waals surface area contributed by atoms with Crippen LogP contribution < -0.4 is 4.90 Å². The highest BCUT2D eigenvalue weighted by Crippen LogP contribution is 2.41. The van der Waals surface area contributed by atoms with Crippen LogP contribution in [0.5, 0.6) is 0 Å². The third-order valence-electron chi connectivity index (χ3n) is 9.95. The molecule has 0 saturated carbocycles. The monoisotopic (exact) mass is 654 g/mol. The van der Waals surface area contributed by atoms with E-state index in [2.05, 4.69) is 180 Å². The highest BCUT2D eigenvalue weighted by molar-refractivity contribution is 7.25. The van der Waals surface area contributed by atoms with Crippen LogP contribution in [0.15, 0.2) is 182 Å². The van der Waals surface area contributed by atoms with E-state index >= 15 is 0 Å². The molecule has 0 N–H and O–H groups in total. The summed E-state index contributed by atoms with van der Waals surface area (Å²) in [5.41, 5.74) is 8.15. The van der Waals surface area contributed by atoms with Gasteiger partial charge in [0.05, 0.1) is 0 Å². The van der Waals surface area contributed by atoms with Crippen LogP contribution in [0, 0.1) is 0 Å². The molecule has 0 aliphatic carbocycles. The van der Waals surface area contributed by atoms with E-state index in [9.17, 15) is 0 Å². The maximum atomic E-state index is 4.44. The van der Waals surface area contributed by atoms with E-state index in [1.54, 1.807) is 0 Å². The lowest BCUT2D eigenvalue weighted by molar-refractivity contribution is 1.29. The van der Waals surface area contributed by atoms with Crippen molar-refractivity contribution >= 4 is 80.9 Å². The minimum Gasteiger partial charge on any atom is -0.310 e. The predicted molar refractivity (Wildman–Crippen MR) is 215 cm³/mol. The summed E-state index contributed by atoms with van der Waals surface area (Å²) in [5.74, 6) is 0. The van der Waals surface area contributed by atoms with Crippen LogP contribution in [0.1, 0.15) is 0 Å². The lowest BCUT2D eigenvalue weighted by atomic mass is 9.95. The van der Waals surface area contributed by atoms with Gasteiger partial charge in [-0.05, 0) is 109 Å². The van der Waals surface area contributed by atoms with Gasteiger partial charge < -0.3 is 4.90 Å². The average Bonchev–Trinajstić information content (AvgIpc) is 3.56. The summed E-state index contributed by atoms with van der Waals surface area (Å²) in [6, 6.07) is 61.9. The zero-order valence-electron chi connectivity index (χ0n) is 27.1. The Bertz CT molecular complexity index is 2850. The molecule has 2 heterocycles. The van der Waals surface area contributed by atoms with Gasteiger partial charge >= 0.3 is 0 Å². The molecule has 2 nitrogen and oxygen atoms in total. The maximum Gasteiger partial charge on any atom is 0.0468 e. The van der Waals surface area contributed by atoms with E-state index in [-0.39, 0.29) is 0 Å². The summed E-state index contributed by atoms with van der Waals surface area (Å²) in [7, 11) is 0. The van der Waals surface area contributed by atoms with E-state index in [0.29, 0.717) is 0 Å². The first-order valence-corrected chi connectivity index (χ1v) is 17.8. The number of hydrogen-bond donors (Lipinski definition) is 0. The Hall–Kier alpha value is -6.29. The first-order chi connectivity index (χ1) is 24.8. The SMILES string of the molecule is c1ccc(-c2ccc(N(c3ccc(-c4ccc5c(ccc6c7ccccc7ccc56)c4)cc3)c3ccc4sc5ccncc5c4c3)cc2)cc1. The average molecular weight is 655 g/mol. The molecule has 0 aliphatic heterocycles. The van der Waals surface area contributed by atoms with Crippen molar-refractivity contribution in [3.05, 3.63) is 182 Å². The topological polar surface area (TPSA) is 16.1 Å². The number of rotatable bonds is 5. The van der Waals surface area contributed by atoms with Gasteiger partial charge in [-0.25, -0.2) is 0 Å². The molecular weight excluding hydrogens is 625 g/mol. The lowest BCUT2D eigenvalue weighted by Gasteiger charge is -2.26. The van der Waals surface area contributed by atoms with E-state index in [1.807, 2.05) is 23.7 Å². The Balaban J connectivity index is 1.05. The number of hydrogen-bond acceptors (Lipinski definition) is 3. The van der Waals surface area contributed by atoms with Crippen molar-refractivity contribution in [2.45, 2.75) is 0 Å². The molecular formula is C47H30N2S. The van der Waals surface area contributed by atoms with E-state index in [0.717, 1.165) is 17.1 Å². The minimum absolute atomic E-state index is 1.11. The molecule has 8 aromatic carbocycles. The van der Waals surface area contributed by atoms with Gasteiger partial charge in [-0.2, -0.15) is 0 Å². The second-order valence-electron chi connectivity index (χ2n) is 12.8. The van der Waals surface area contributed by atoms with Crippen LogP contribution in [0.4, 0.5) is 17.1 Å². The fourth-order valence-corrected chi connectivity index (χ4v) is 8.49. The smallest absolute Gasteiger partial charge is 0.0468 e. The molecule has 0 fully saturated rings. The Morgan fingerprint density at radius 1 is 0.360 bits per heavy atom. The minimum atomic E-state index is 1.11. The first-order valence-electron chi connectivity index (χ1n) is 16.9. The standard InChI is InChI=1S/C47H30N2S/c1-2-6-31(7-3-1)32-10-17-37(18-11-32)49(39-21-25-46-44(29-39)45-30-48-27-26-47(45)50-46)38-19-12-33(13-20-38)35-15-22-41-36(28-35)16-24-42-40-9-5-4-8-34(40)14-23-43(41)42/h1-30H. The second kappa shape index (κ2) is 11.7. The molecule has 10 aromatic rings. The van der Waals surface area contributed by atoms with Gasteiger partial charge in [0.2, 0.25) is 0 Å². The van der Waals surface area contributed by atoms with E-state index < -0.39 is 0 Å². The predicted octanol–water partition coefficient (Wildman–Crippen LogP) is 13.7. The number of anilines is 3. The molecule has 0 aliphatic rings. The van der Waals surface area contributed by atoms with E-state index in [1.165, 1.54) is 74.7 Å². The molecule has 0 unspecified atom stereocenters. The number of thiophene rings is 1. The van der Waals surface area contributed by atoms with Gasteiger partial charge in [0.15, 0.2) is 0 Å². The highest BCUT2D eigenvalue weighted by atomic mass is 32.1. The summed E-state index contributed by atoms with van der Waals surface area (Å²) in [5, 5.41) is 10.1. The number of benzene rings is 8. The second-order valence-corrected chi connectivity index (χ2v) is 13.9. The van der Waals surface area contributed by atoms with Crippen molar-refractivity contribution in [2.24, 2.45) is 0 Å². The van der Waals surface area contributed by atoms with Gasteiger partial charge in [0, 0.05) is 49.6 Å². The molecule has 0 bridgehead atoms. The highest BCUT2D eigenvalue weighted by Gasteiger charge is 2.16. The molecule has 0 amide bonds. The normalized spacial score (nSPS) is 11.6. The molecule has 10 rings (SSSR count). The van der Waals surface area contributed by atoms with Gasteiger partial charge in [-0.15, -0.1) is 11.3 Å². The molecule has 0 spiro atoms. The maximum absolute atomic E-state index is 4.44. The van der Waals surface area contributed by atoms with Crippen molar-refractivity contribution in [3.8, 4) is 22.3 Å². The van der Waals surface area contributed by atoms with Crippen molar-refractivity contribution < 1.29 is 0 Å². The molecule has 0 saturated heterocycles. The summed E-state index contributed by atoms with van der Waals surface area (Å²) in [6.07, 6.45) is 3.86. The number of aromatic nitrogens is 1. The summed E-state index contributed by atoms with van der Waals surface area (Å²) < 4.78 is 2.52. The summed E-state index contributed by atoms with van der Waals surface area (Å²) >= 11 is 1.82. The van der Waals surface area contributed by atoms with Crippen molar-refractivity contribution in [3.63, 3.8) is 0 Å². The Kier molecular flexibility index (Phi) is 6.71.